The van der Waals surface area contributed by atoms with Crippen molar-refractivity contribution in [3.63, 3.8) is 0 Å². The molecule has 0 saturated carbocycles. The third-order valence-electron chi connectivity index (χ3n) is 1.45. The van der Waals surface area contributed by atoms with Crippen molar-refractivity contribution in [1.29, 1.82) is 0 Å². The van der Waals surface area contributed by atoms with Crippen LogP contribution in [0.25, 0.3) is 0 Å². The zero-order chi connectivity index (χ0) is 10.8. The lowest BCUT2D eigenvalue weighted by atomic mass is 10.7. The molecule has 8 heteroatoms. The number of nitrogens with one attached hydrogen (secondary N) is 1. The van der Waals surface area contributed by atoms with Gasteiger partial charge in [-0.15, -0.1) is 5.10 Å². The van der Waals surface area contributed by atoms with E-state index in [1.165, 1.54) is 18.0 Å². The smallest absolute Gasteiger partial charge is 0.223 e. The number of aromatic amines is 1. The average Bonchev–Trinajstić information content (AvgIpc) is 2.58. The third kappa shape index (κ3) is 2.58. The highest BCUT2D eigenvalue weighted by atomic mass is 35.5. The van der Waals surface area contributed by atoms with Gasteiger partial charge in [-0.05, 0) is 30.3 Å². The molecule has 0 bridgehead atoms. The van der Waals surface area contributed by atoms with Gasteiger partial charge in [-0.25, -0.2) is 15.0 Å². The van der Waals surface area contributed by atoms with Crippen LogP contribution in [0.4, 0.5) is 0 Å². The highest BCUT2D eigenvalue weighted by molar-refractivity contribution is 7.99. The SMILES string of the molecule is Cc1nc(Sc2nc(Cl)ncc2Cl)n[nH]1. The van der Waals surface area contributed by atoms with Gasteiger partial charge in [-0.3, -0.25) is 5.10 Å². The molecule has 0 spiro atoms. The highest BCUT2D eigenvalue weighted by Gasteiger charge is 2.09. The Morgan fingerprint density at radius 1 is 1.33 bits per heavy atom. The van der Waals surface area contributed by atoms with Gasteiger partial charge in [0.1, 0.15) is 10.9 Å². The van der Waals surface area contributed by atoms with E-state index in [0.29, 0.717) is 15.2 Å². The van der Waals surface area contributed by atoms with Gasteiger partial charge in [-0.2, -0.15) is 0 Å². The van der Waals surface area contributed by atoms with Crippen molar-refractivity contribution in [3.05, 3.63) is 22.3 Å². The molecule has 0 fully saturated rings. The molecule has 78 valence electrons. The first-order valence-electron chi connectivity index (χ1n) is 3.90. The lowest BCUT2D eigenvalue weighted by Crippen LogP contribution is -1.87. The number of rotatable bonds is 2. The molecule has 0 aromatic carbocycles. The fourth-order valence-electron chi connectivity index (χ4n) is 0.857. The average molecular weight is 262 g/mol. The van der Waals surface area contributed by atoms with Gasteiger partial charge < -0.3 is 0 Å². The molecule has 0 amide bonds. The van der Waals surface area contributed by atoms with Crippen LogP contribution >= 0.6 is 35.0 Å². The molecule has 0 saturated heterocycles. The normalized spacial score (nSPS) is 10.6. The summed E-state index contributed by atoms with van der Waals surface area (Å²) in [5, 5.41) is 8.32. The summed E-state index contributed by atoms with van der Waals surface area (Å²) in [5.41, 5.74) is 0. The molecule has 2 aromatic heterocycles. The molecule has 5 nitrogen and oxygen atoms in total. The topological polar surface area (TPSA) is 67.3 Å². The maximum absolute atomic E-state index is 5.88. The Hall–Kier alpha value is -0.850. The number of H-pyrrole nitrogens is 1. The van der Waals surface area contributed by atoms with Gasteiger partial charge in [0.25, 0.3) is 0 Å². The number of aromatic nitrogens is 5. The Morgan fingerprint density at radius 3 is 2.80 bits per heavy atom. The van der Waals surface area contributed by atoms with Gasteiger partial charge in [0, 0.05) is 0 Å². The van der Waals surface area contributed by atoms with Crippen molar-refractivity contribution in [1.82, 2.24) is 25.1 Å². The van der Waals surface area contributed by atoms with E-state index in [2.05, 4.69) is 25.1 Å². The van der Waals surface area contributed by atoms with Crippen LogP contribution in [0.5, 0.6) is 0 Å². The summed E-state index contributed by atoms with van der Waals surface area (Å²) in [5.74, 6) is 0.730. The Labute approximate surface area is 99.6 Å². The molecular weight excluding hydrogens is 257 g/mol. The van der Waals surface area contributed by atoms with E-state index < -0.39 is 0 Å². The summed E-state index contributed by atoms with van der Waals surface area (Å²) in [6.07, 6.45) is 1.44. The van der Waals surface area contributed by atoms with Crippen LogP contribution in [0.3, 0.4) is 0 Å². The molecule has 0 aliphatic rings. The minimum Gasteiger partial charge on any atom is -0.262 e. The number of aryl methyl sites for hydroxylation is 1. The molecule has 0 aliphatic heterocycles. The second kappa shape index (κ2) is 4.34. The summed E-state index contributed by atoms with van der Waals surface area (Å²) >= 11 is 12.8. The first-order valence-corrected chi connectivity index (χ1v) is 5.47. The molecule has 0 radical (unpaired) electrons. The quantitative estimate of drug-likeness (QED) is 0.664. The summed E-state index contributed by atoms with van der Waals surface area (Å²) in [6, 6.07) is 0. The second-order valence-electron chi connectivity index (χ2n) is 2.60. The summed E-state index contributed by atoms with van der Waals surface area (Å²) < 4.78 is 0. The van der Waals surface area contributed by atoms with E-state index in [1.54, 1.807) is 0 Å². The van der Waals surface area contributed by atoms with Crippen LogP contribution in [0.2, 0.25) is 10.3 Å². The molecule has 15 heavy (non-hydrogen) atoms. The predicted octanol–water partition coefficient (Wildman–Crippen LogP) is 2.36. The summed E-state index contributed by atoms with van der Waals surface area (Å²) in [4.78, 5) is 11.8. The van der Waals surface area contributed by atoms with Gasteiger partial charge in [0.15, 0.2) is 0 Å². The standard InChI is InChI=1S/C7H5Cl2N5S/c1-3-11-7(14-13-3)15-5-4(8)2-10-6(9)12-5/h2H,1H3,(H,11,13,14). The van der Waals surface area contributed by atoms with Gasteiger partial charge in [0.05, 0.1) is 11.2 Å². The zero-order valence-electron chi connectivity index (χ0n) is 7.53. The van der Waals surface area contributed by atoms with E-state index in [-0.39, 0.29) is 5.28 Å². The lowest BCUT2D eigenvalue weighted by Gasteiger charge is -1.98. The molecule has 1 N–H and O–H groups in total. The van der Waals surface area contributed by atoms with Crippen LogP contribution in [0.15, 0.2) is 16.4 Å². The third-order valence-corrected chi connectivity index (χ3v) is 2.89. The molecule has 2 aromatic rings. The van der Waals surface area contributed by atoms with E-state index in [0.717, 1.165) is 5.82 Å². The summed E-state index contributed by atoms with van der Waals surface area (Å²) in [6.45, 7) is 1.81. The number of hydrogen-bond acceptors (Lipinski definition) is 5. The van der Waals surface area contributed by atoms with E-state index in [1.807, 2.05) is 6.92 Å². The van der Waals surface area contributed by atoms with Gasteiger partial charge >= 0.3 is 0 Å². The lowest BCUT2D eigenvalue weighted by molar-refractivity contribution is 0.960. The Kier molecular flexibility index (Phi) is 3.08. The fraction of sp³-hybridized carbons (Fsp3) is 0.143. The Bertz CT molecular complexity index is 486. The number of halogens is 2. The first-order chi connectivity index (χ1) is 7.15. The van der Waals surface area contributed by atoms with Crippen molar-refractivity contribution >= 4 is 35.0 Å². The molecule has 0 atom stereocenters. The predicted molar refractivity (Wildman–Crippen MR) is 57.3 cm³/mol. The van der Waals surface area contributed by atoms with Crippen LogP contribution in [-0.4, -0.2) is 25.1 Å². The number of hydrogen-bond donors (Lipinski definition) is 1. The fourth-order valence-corrected chi connectivity index (χ4v) is 1.98. The minimum absolute atomic E-state index is 0.147. The number of nitrogens with zero attached hydrogens (tertiary/aromatic N) is 4. The van der Waals surface area contributed by atoms with Crippen molar-refractivity contribution in [3.8, 4) is 0 Å². The van der Waals surface area contributed by atoms with Gasteiger partial charge in [0.2, 0.25) is 10.4 Å². The molecule has 2 rings (SSSR count). The summed E-state index contributed by atoms with van der Waals surface area (Å²) in [7, 11) is 0. The van der Waals surface area contributed by atoms with Crippen molar-refractivity contribution in [2.75, 3.05) is 0 Å². The van der Waals surface area contributed by atoms with E-state index in [4.69, 9.17) is 23.2 Å². The van der Waals surface area contributed by atoms with E-state index in [9.17, 15) is 0 Å². The maximum Gasteiger partial charge on any atom is 0.223 e. The van der Waals surface area contributed by atoms with Crippen LogP contribution in [0.1, 0.15) is 5.82 Å². The molecule has 0 aliphatic carbocycles. The maximum atomic E-state index is 5.88. The van der Waals surface area contributed by atoms with Gasteiger partial charge in [-0.1, -0.05) is 11.6 Å². The Balaban J connectivity index is 2.27. The molecular formula is C7H5Cl2N5S. The monoisotopic (exact) mass is 261 g/mol. The van der Waals surface area contributed by atoms with Crippen molar-refractivity contribution in [2.45, 2.75) is 17.1 Å². The zero-order valence-corrected chi connectivity index (χ0v) is 9.86. The molecule has 2 heterocycles. The van der Waals surface area contributed by atoms with E-state index >= 15 is 0 Å². The second-order valence-corrected chi connectivity index (χ2v) is 4.30. The van der Waals surface area contributed by atoms with Crippen molar-refractivity contribution in [2.24, 2.45) is 0 Å². The largest absolute Gasteiger partial charge is 0.262 e. The van der Waals surface area contributed by atoms with Crippen LogP contribution < -0.4 is 0 Å². The Morgan fingerprint density at radius 2 is 2.13 bits per heavy atom. The molecule has 0 unspecified atom stereocenters. The van der Waals surface area contributed by atoms with Crippen LogP contribution in [0, 0.1) is 6.92 Å². The van der Waals surface area contributed by atoms with Crippen LogP contribution in [-0.2, 0) is 0 Å². The highest BCUT2D eigenvalue weighted by Crippen LogP contribution is 2.29. The first kappa shape index (κ1) is 10.7. The van der Waals surface area contributed by atoms with Crippen molar-refractivity contribution < 1.29 is 0 Å². The minimum atomic E-state index is 0.147.